The highest BCUT2D eigenvalue weighted by atomic mass is 15.2. The molecular weight excluding hydrogens is 268 g/mol. The lowest BCUT2D eigenvalue weighted by Gasteiger charge is -2.34. The van der Waals surface area contributed by atoms with Gasteiger partial charge in [0.05, 0.1) is 0 Å². The lowest BCUT2D eigenvalue weighted by molar-refractivity contribution is 0.178. The van der Waals surface area contributed by atoms with Crippen LogP contribution in [0.2, 0.25) is 0 Å². The fourth-order valence-corrected chi connectivity index (χ4v) is 3.41. The Bertz CT molecular complexity index is 513. The predicted octanol–water partition coefficient (Wildman–Crippen LogP) is 4.70. The predicted molar refractivity (Wildman–Crippen MR) is 94.8 cm³/mol. The molecule has 116 valence electrons. The summed E-state index contributed by atoms with van der Waals surface area (Å²) < 4.78 is 0. The molecule has 1 atom stereocenters. The largest absolute Gasteiger partial charge is 0.341 e. The van der Waals surface area contributed by atoms with Gasteiger partial charge >= 0.3 is 0 Å². The average molecular weight is 294 g/mol. The fraction of sp³-hybridized carbons (Fsp3) is 0.400. The summed E-state index contributed by atoms with van der Waals surface area (Å²) in [6.07, 6.45) is 5.30. The van der Waals surface area contributed by atoms with Crippen LogP contribution < -0.4 is 4.90 Å². The van der Waals surface area contributed by atoms with Gasteiger partial charge in [-0.1, -0.05) is 42.8 Å². The van der Waals surface area contributed by atoms with Crippen LogP contribution >= 0.6 is 0 Å². The van der Waals surface area contributed by atoms with Crippen LogP contribution in [0.3, 0.4) is 0 Å². The minimum Gasteiger partial charge on any atom is -0.341 e. The third-order valence-electron chi connectivity index (χ3n) is 4.74. The summed E-state index contributed by atoms with van der Waals surface area (Å²) in [6, 6.07) is 22.2. The molecule has 2 nitrogen and oxygen atoms in total. The standard InChI is InChI=1S/C20H26N2/c1-21-16-9-8-10-18(21)15-17-22(19-11-4-2-5-12-19)20-13-6-3-7-14-20/h2-7,11-14,18H,8-10,15-17H2,1H3. The molecule has 3 rings (SSSR count). The summed E-state index contributed by atoms with van der Waals surface area (Å²) >= 11 is 0. The van der Waals surface area contributed by atoms with E-state index in [2.05, 4.69) is 77.5 Å². The number of anilines is 2. The molecule has 1 aliphatic heterocycles. The maximum Gasteiger partial charge on any atom is 0.0410 e. The fourth-order valence-electron chi connectivity index (χ4n) is 3.41. The topological polar surface area (TPSA) is 6.48 Å². The number of hydrogen-bond acceptors (Lipinski definition) is 2. The summed E-state index contributed by atoms with van der Waals surface area (Å²) in [5, 5.41) is 0. The maximum atomic E-state index is 2.54. The Morgan fingerprint density at radius 3 is 2.05 bits per heavy atom. The Labute approximate surface area is 134 Å². The molecule has 0 bridgehead atoms. The van der Waals surface area contributed by atoms with Crippen molar-refractivity contribution in [2.75, 3.05) is 25.0 Å². The average Bonchev–Trinajstić information content (AvgIpc) is 2.59. The molecule has 1 unspecified atom stereocenters. The van der Waals surface area contributed by atoms with E-state index >= 15 is 0 Å². The summed E-state index contributed by atoms with van der Waals surface area (Å²) in [5.41, 5.74) is 2.57. The Kier molecular flexibility index (Phi) is 5.12. The third-order valence-corrected chi connectivity index (χ3v) is 4.74. The Morgan fingerprint density at radius 1 is 0.909 bits per heavy atom. The van der Waals surface area contributed by atoms with E-state index < -0.39 is 0 Å². The van der Waals surface area contributed by atoms with Gasteiger partial charge in [0.1, 0.15) is 0 Å². The number of benzene rings is 2. The van der Waals surface area contributed by atoms with Crippen LogP contribution in [0.15, 0.2) is 60.7 Å². The van der Waals surface area contributed by atoms with Crippen LogP contribution in [-0.2, 0) is 0 Å². The molecule has 0 N–H and O–H groups in total. The van der Waals surface area contributed by atoms with Crippen molar-refractivity contribution in [3.8, 4) is 0 Å². The first kappa shape index (κ1) is 15.1. The first-order valence-electron chi connectivity index (χ1n) is 8.42. The molecule has 1 heterocycles. The highest BCUT2D eigenvalue weighted by molar-refractivity contribution is 5.62. The Balaban J connectivity index is 1.74. The smallest absolute Gasteiger partial charge is 0.0410 e. The van der Waals surface area contributed by atoms with Crippen LogP contribution in [-0.4, -0.2) is 31.1 Å². The molecule has 2 aromatic rings. The molecular formula is C20H26N2. The van der Waals surface area contributed by atoms with E-state index in [0.29, 0.717) is 0 Å². The molecule has 0 aromatic heterocycles. The summed E-state index contributed by atoms with van der Waals surface area (Å²) in [4.78, 5) is 4.99. The third kappa shape index (κ3) is 3.69. The monoisotopic (exact) mass is 294 g/mol. The van der Waals surface area contributed by atoms with Gasteiger partial charge in [0, 0.05) is 24.0 Å². The quantitative estimate of drug-likeness (QED) is 0.788. The van der Waals surface area contributed by atoms with Gasteiger partial charge in [-0.05, 0) is 57.1 Å². The molecule has 1 saturated heterocycles. The van der Waals surface area contributed by atoms with Crippen LogP contribution in [0, 0.1) is 0 Å². The number of likely N-dealkylation sites (tertiary alicyclic amines) is 1. The van der Waals surface area contributed by atoms with E-state index in [0.717, 1.165) is 12.6 Å². The number of piperidine rings is 1. The highest BCUT2D eigenvalue weighted by Crippen LogP contribution is 2.27. The molecule has 0 radical (unpaired) electrons. The zero-order chi connectivity index (χ0) is 15.2. The minimum atomic E-state index is 0.726. The second kappa shape index (κ2) is 7.46. The zero-order valence-corrected chi connectivity index (χ0v) is 13.5. The van der Waals surface area contributed by atoms with Gasteiger partial charge in [-0.25, -0.2) is 0 Å². The molecule has 0 amide bonds. The van der Waals surface area contributed by atoms with E-state index in [1.807, 2.05) is 0 Å². The summed E-state index contributed by atoms with van der Waals surface area (Å²) in [7, 11) is 2.28. The Hall–Kier alpha value is -1.80. The maximum absolute atomic E-state index is 2.54. The second-order valence-electron chi connectivity index (χ2n) is 6.24. The number of para-hydroxylation sites is 2. The molecule has 2 heteroatoms. The van der Waals surface area contributed by atoms with Crippen molar-refractivity contribution in [1.29, 1.82) is 0 Å². The van der Waals surface area contributed by atoms with E-state index in [9.17, 15) is 0 Å². The lowest BCUT2D eigenvalue weighted by atomic mass is 9.99. The molecule has 1 fully saturated rings. The van der Waals surface area contributed by atoms with Crippen molar-refractivity contribution in [3.63, 3.8) is 0 Å². The van der Waals surface area contributed by atoms with E-state index in [4.69, 9.17) is 0 Å². The van der Waals surface area contributed by atoms with E-state index in [-0.39, 0.29) is 0 Å². The highest BCUT2D eigenvalue weighted by Gasteiger charge is 2.20. The minimum absolute atomic E-state index is 0.726. The van der Waals surface area contributed by atoms with Crippen molar-refractivity contribution in [2.24, 2.45) is 0 Å². The first-order valence-corrected chi connectivity index (χ1v) is 8.42. The molecule has 0 saturated carbocycles. The number of nitrogens with zero attached hydrogens (tertiary/aromatic N) is 2. The number of hydrogen-bond donors (Lipinski definition) is 0. The van der Waals surface area contributed by atoms with Crippen molar-refractivity contribution in [3.05, 3.63) is 60.7 Å². The lowest BCUT2D eigenvalue weighted by Crippen LogP contribution is -2.38. The van der Waals surface area contributed by atoms with Gasteiger partial charge in [-0.3, -0.25) is 0 Å². The van der Waals surface area contributed by atoms with Crippen molar-refractivity contribution in [1.82, 2.24) is 4.90 Å². The number of rotatable bonds is 5. The van der Waals surface area contributed by atoms with Crippen LogP contribution in [0.4, 0.5) is 11.4 Å². The van der Waals surface area contributed by atoms with Crippen LogP contribution in [0.25, 0.3) is 0 Å². The molecule has 1 aliphatic rings. The van der Waals surface area contributed by atoms with Gasteiger partial charge in [-0.15, -0.1) is 0 Å². The van der Waals surface area contributed by atoms with Gasteiger partial charge < -0.3 is 9.80 Å². The van der Waals surface area contributed by atoms with Crippen molar-refractivity contribution < 1.29 is 0 Å². The summed E-state index contributed by atoms with van der Waals surface area (Å²) in [6.45, 7) is 2.32. The molecule has 2 aromatic carbocycles. The molecule has 22 heavy (non-hydrogen) atoms. The van der Waals surface area contributed by atoms with Crippen molar-refractivity contribution >= 4 is 11.4 Å². The van der Waals surface area contributed by atoms with E-state index in [1.54, 1.807) is 0 Å². The molecule has 0 aliphatic carbocycles. The zero-order valence-electron chi connectivity index (χ0n) is 13.5. The first-order chi connectivity index (χ1) is 10.8. The summed E-state index contributed by atoms with van der Waals surface area (Å²) in [5.74, 6) is 0. The van der Waals surface area contributed by atoms with Crippen molar-refractivity contribution in [2.45, 2.75) is 31.7 Å². The van der Waals surface area contributed by atoms with Crippen LogP contribution in [0.1, 0.15) is 25.7 Å². The normalized spacial score (nSPS) is 19.0. The van der Waals surface area contributed by atoms with E-state index in [1.165, 1.54) is 43.6 Å². The van der Waals surface area contributed by atoms with Crippen LogP contribution in [0.5, 0.6) is 0 Å². The SMILES string of the molecule is CN1CCCCC1CCN(c1ccccc1)c1ccccc1. The Morgan fingerprint density at radius 2 is 1.50 bits per heavy atom. The molecule has 0 spiro atoms. The second-order valence-corrected chi connectivity index (χ2v) is 6.24. The van der Waals surface area contributed by atoms with Gasteiger partial charge in [-0.2, -0.15) is 0 Å². The van der Waals surface area contributed by atoms with Gasteiger partial charge in [0.2, 0.25) is 0 Å². The van der Waals surface area contributed by atoms with Gasteiger partial charge in [0.15, 0.2) is 0 Å². The van der Waals surface area contributed by atoms with Gasteiger partial charge in [0.25, 0.3) is 0 Å².